The van der Waals surface area contributed by atoms with Crippen LogP contribution in [0.15, 0.2) is 66.1 Å². The Morgan fingerprint density at radius 3 is 2.15 bits per heavy atom. The van der Waals surface area contributed by atoms with Gasteiger partial charge in [0.05, 0.1) is 18.7 Å². The summed E-state index contributed by atoms with van der Waals surface area (Å²) in [5.41, 5.74) is 4.27. The predicted molar refractivity (Wildman–Crippen MR) is 106 cm³/mol. The minimum absolute atomic E-state index is 0.0296. The zero-order valence-corrected chi connectivity index (χ0v) is 16.3. The topological polar surface area (TPSA) is 63.4 Å². The van der Waals surface area contributed by atoms with Gasteiger partial charge in [0.15, 0.2) is 0 Å². The van der Waals surface area contributed by atoms with Crippen molar-refractivity contribution >= 4 is 30.8 Å². The summed E-state index contributed by atoms with van der Waals surface area (Å²) in [6.45, 7) is 6.37. The van der Waals surface area contributed by atoms with Crippen LogP contribution in [0.1, 0.15) is 5.56 Å². The SMILES string of the molecule is C[Si](C)(C)/C=C1/C(=O)C(c2ccc([N+](=O)[O-])cc2)=CN1c1ccc(F)cc1. The average molecular weight is 382 g/mol. The summed E-state index contributed by atoms with van der Waals surface area (Å²) < 4.78 is 13.3. The van der Waals surface area contributed by atoms with Gasteiger partial charge in [-0.25, -0.2) is 4.39 Å². The van der Waals surface area contributed by atoms with E-state index in [-0.39, 0.29) is 17.3 Å². The van der Waals surface area contributed by atoms with E-state index in [1.54, 1.807) is 35.4 Å². The number of allylic oxidation sites excluding steroid dienone is 1. The van der Waals surface area contributed by atoms with Gasteiger partial charge in [0.25, 0.3) is 5.69 Å². The number of nitrogens with zero attached hydrogens (tertiary/aromatic N) is 2. The number of nitro benzene ring substituents is 1. The van der Waals surface area contributed by atoms with Crippen molar-refractivity contribution in [2.75, 3.05) is 4.90 Å². The van der Waals surface area contributed by atoms with Gasteiger partial charge < -0.3 is 4.90 Å². The first-order chi connectivity index (χ1) is 12.7. The molecule has 1 aliphatic rings. The molecule has 7 heteroatoms. The van der Waals surface area contributed by atoms with E-state index >= 15 is 0 Å². The average Bonchev–Trinajstić information content (AvgIpc) is 2.91. The molecule has 0 bridgehead atoms. The quantitative estimate of drug-likeness (QED) is 0.326. The lowest BCUT2D eigenvalue weighted by atomic mass is 10.0. The number of non-ortho nitro benzene ring substituents is 1. The molecule has 0 saturated heterocycles. The fourth-order valence-corrected chi connectivity index (χ4v) is 3.92. The third-order valence-corrected chi connectivity index (χ3v) is 5.20. The van der Waals surface area contributed by atoms with Gasteiger partial charge in [0.2, 0.25) is 5.78 Å². The van der Waals surface area contributed by atoms with Crippen LogP contribution in [0.4, 0.5) is 15.8 Å². The van der Waals surface area contributed by atoms with Crippen LogP contribution >= 0.6 is 0 Å². The molecule has 0 atom stereocenters. The van der Waals surface area contributed by atoms with Gasteiger partial charge in [0.1, 0.15) is 5.82 Å². The van der Waals surface area contributed by atoms with Gasteiger partial charge in [-0.2, -0.15) is 0 Å². The number of nitro groups is 1. The Bertz CT molecular complexity index is 958. The summed E-state index contributed by atoms with van der Waals surface area (Å²) in [5, 5.41) is 10.9. The Hall–Kier alpha value is -3.06. The first-order valence-electron chi connectivity index (χ1n) is 8.45. The number of halogens is 1. The number of hydrogen-bond donors (Lipinski definition) is 0. The number of benzene rings is 2. The third-order valence-electron chi connectivity index (χ3n) is 4.06. The molecule has 5 nitrogen and oxygen atoms in total. The fraction of sp³-hybridized carbons (Fsp3) is 0.150. The number of rotatable bonds is 4. The van der Waals surface area contributed by atoms with Crippen molar-refractivity contribution in [2.24, 2.45) is 0 Å². The van der Waals surface area contributed by atoms with Gasteiger partial charge in [-0.1, -0.05) is 25.3 Å². The molecule has 2 aromatic rings. The lowest BCUT2D eigenvalue weighted by Gasteiger charge is -2.20. The van der Waals surface area contributed by atoms with E-state index < -0.39 is 13.0 Å². The van der Waals surface area contributed by atoms with E-state index in [0.717, 1.165) is 0 Å². The third kappa shape index (κ3) is 4.03. The molecule has 0 spiro atoms. The molecule has 0 unspecified atom stereocenters. The molecule has 0 saturated carbocycles. The van der Waals surface area contributed by atoms with Gasteiger partial charge in [0, 0.05) is 29.6 Å². The van der Waals surface area contributed by atoms with Crippen molar-refractivity contribution < 1.29 is 14.1 Å². The Morgan fingerprint density at radius 2 is 1.63 bits per heavy atom. The number of carbonyl (C=O) groups is 1. The number of Topliss-reactive ketones (excluding diaryl/α,β-unsaturated/α-hetero) is 1. The zero-order valence-electron chi connectivity index (χ0n) is 15.3. The summed E-state index contributed by atoms with van der Waals surface area (Å²) in [6, 6.07) is 11.8. The Balaban J connectivity index is 2.07. The second kappa shape index (κ2) is 6.92. The lowest BCUT2D eigenvalue weighted by Crippen LogP contribution is -2.24. The summed E-state index contributed by atoms with van der Waals surface area (Å²) in [4.78, 5) is 25.2. The molecule has 0 amide bonds. The molecule has 0 aromatic heterocycles. The van der Waals surface area contributed by atoms with Crippen molar-refractivity contribution in [3.8, 4) is 0 Å². The van der Waals surface area contributed by atoms with Crippen LogP contribution in [-0.2, 0) is 4.79 Å². The van der Waals surface area contributed by atoms with Crippen LogP contribution in [0, 0.1) is 15.9 Å². The number of carbonyl (C=O) groups excluding carboxylic acids is 1. The van der Waals surface area contributed by atoms with Gasteiger partial charge >= 0.3 is 0 Å². The minimum Gasteiger partial charge on any atom is -0.313 e. The maximum absolute atomic E-state index is 13.3. The van der Waals surface area contributed by atoms with Crippen LogP contribution in [-0.4, -0.2) is 18.8 Å². The van der Waals surface area contributed by atoms with E-state index in [0.29, 0.717) is 22.5 Å². The molecule has 3 rings (SSSR count). The monoisotopic (exact) mass is 382 g/mol. The molecule has 0 N–H and O–H groups in total. The van der Waals surface area contributed by atoms with E-state index in [1.807, 2.05) is 5.70 Å². The van der Waals surface area contributed by atoms with E-state index in [4.69, 9.17) is 0 Å². The molecule has 1 heterocycles. The smallest absolute Gasteiger partial charge is 0.269 e. The normalized spacial score (nSPS) is 16.0. The highest BCUT2D eigenvalue weighted by Crippen LogP contribution is 2.34. The van der Waals surface area contributed by atoms with Crippen LogP contribution < -0.4 is 4.90 Å². The number of ketones is 1. The first kappa shape index (κ1) is 18.7. The van der Waals surface area contributed by atoms with Gasteiger partial charge in [-0.15, -0.1) is 0 Å². The lowest BCUT2D eigenvalue weighted by molar-refractivity contribution is -0.384. The fourth-order valence-electron chi connectivity index (χ4n) is 2.83. The maximum atomic E-state index is 13.3. The van der Waals surface area contributed by atoms with E-state index in [2.05, 4.69) is 19.6 Å². The second-order valence-electron chi connectivity index (χ2n) is 7.42. The molecule has 0 aliphatic carbocycles. The van der Waals surface area contributed by atoms with Crippen LogP contribution in [0.3, 0.4) is 0 Å². The molecule has 1 aliphatic heterocycles. The van der Waals surface area contributed by atoms with Crippen molar-refractivity contribution in [3.63, 3.8) is 0 Å². The Kier molecular flexibility index (Phi) is 4.80. The highest BCUT2D eigenvalue weighted by Gasteiger charge is 2.31. The Morgan fingerprint density at radius 1 is 1.04 bits per heavy atom. The van der Waals surface area contributed by atoms with Crippen LogP contribution in [0.2, 0.25) is 19.6 Å². The summed E-state index contributed by atoms with van der Waals surface area (Å²) in [6.07, 6.45) is 1.71. The summed E-state index contributed by atoms with van der Waals surface area (Å²) in [5.74, 6) is -0.491. The van der Waals surface area contributed by atoms with Gasteiger partial charge in [-0.3, -0.25) is 14.9 Å². The van der Waals surface area contributed by atoms with Crippen molar-refractivity contribution in [1.82, 2.24) is 0 Å². The first-order valence-corrected chi connectivity index (χ1v) is 12.0. The minimum atomic E-state index is -1.73. The molecule has 27 heavy (non-hydrogen) atoms. The zero-order chi connectivity index (χ0) is 19.8. The van der Waals surface area contributed by atoms with Crippen molar-refractivity contribution in [2.45, 2.75) is 19.6 Å². The number of hydrogen-bond acceptors (Lipinski definition) is 4. The summed E-state index contributed by atoms with van der Waals surface area (Å²) >= 11 is 0. The highest BCUT2D eigenvalue weighted by molar-refractivity contribution is 6.81. The molecule has 138 valence electrons. The predicted octanol–water partition coefficient (Wildman–Crippen LogP) is 4.93. The van der Waals surface area contributed by atoms with Gasteiger partial charge in [-0.05, 0) is 42.0 Å². The summed E-state index contributed by atoms with van der Waals surface area (Å²) in [7, 11) is -1.73. The van der Waals surface area contributed by atoms with Crippen LogP contribution in [0.25, 0.3) is 5.57 Å². The highest BCUT2D eigenvalue weighted by atomic mass is 28.3. The molecular weight excluding hydrogens is 363 g/mol. The Labute approximate surface area is 157 Å². The standard InChI is InChI=1S/C20H19FN2O3Si/c1-27(2,3)13-19-20(24)18(14-4-8-17(9-5-14)23(25)26)12-22(19)16-10-6-15(21)7-11-16/h4-13H,1-3H3/b19-13-. The van der Waals surface area contributed by atoms with E-state index in [9.17, 15) is 19.3 Å². The molecule has 0 fully saturated rings. The second-order valence-corrected chi connectivity index (χ2v) is 12.4. The van der Waals surface area contributed by atoms with E-state index in [1.165, 1.54) is 24.3 Å². The van der Waals surface area contributed by atoms with Crippen LogP contribution in [0.5, 0.6) is 0 Å². The number of anilines is 1. The molecule has 0 radical (unpaired) electrons. The molecule has 2 aromatic carbocycles. The largest absolute Gasteiger partial charge is 0.313 e. The van der Waals surface area contributed by atoms with Crippen molar-refractivity contribution in [3.05, 3.63) is 87.6 Å². The van der Waals surface area contributed by atoms with Crippen molar-refractivity contribution in [1.29, 1.82) is 0 Å². The molecular formula is C20H19FN2O3Si. The maximum Gasteiger partial charge on any atom is 0.269 e.